The Labute approximate surface area is 107 Å². The number of amides is 1. The Morgan fingerprint density at radius 3 is 2.61 bits per heavy atom. The molecule has 0 aromatic heterocycles. The highest BCUT2D eigenvalue weighted by molar-refractivity contribution is 6.33. The third kappa shape index (κ3) is 2.95. The minimum atomic E-state index is -1.24. The van der Waals surface area contributed by atoms with E-state index in [0.717, 1.165) is 0 Å². The molecule has 0 aliphatic rings. The molecule has 96 valence electrons. The number of para-hydroxylation sites is 1. The summed E-state index contributed by atoms with van der Waals surface area (Å²) >= 11 is 5.63. The van der Waals surface area contributed by atoms with E-state index in [9.17, 15) is 19.7 Å². The zero-order chi connectivity index (χ0) is 13.9. The number of benzene rings is 1. The molecule has 1 unspecified atom stereocenters. The molecule has 1 aromatic carbocycles. The molecule has 1 atom stereocenters. The number of hydrogen-bond donors (Lipinski definition) is 2. The van der Waals surface area contributed by atoms with Crippen LogP contribution < -0.4 is 5.32 Å². The Morgan fingerprint density at radius 1 is 1.50 bits per heavy atom. The van der Waals surface area contributed by atoms with Gasteiger partial charge in [0, 0.05) is 0 Å². The molecule has 0 radical (unpaired) electrons. The van der Waals surface area contributed by atoms with Gasteiger partial charge in [-0.1, -0.05) is 17.7 Å². The van der Waals surface area contributed by atoms with Crippen molar-refractivity contribution in [2.45, 2.75) is 13.0 Å². The van der Waals surface area contributed by atoms with Crippen LogP contribution in [0.4, 0.5) is 5.69 Å². The highest BCUT2D eigenvalue weighted by atomic mass is 35.5. The summed E-state index contributed by atoms with van der Waals surface area (Å²) in [5.41, 5.74) is -0.824. The van der Waals surface area contributed by atoms with E-state index < -0.39 is 28.5 Å². The van der Waals surface area contributed by atoms with Gasteiger partial charge in [0.2, 0.25) is 0 Å². The van der Waals surface area contributed by atoms with E-state index in [2.05, 4.69) is 5.32 Å². The summed E-state index contributed by atoms with van der Waals surface area (Å²) in [7, 11) is 0. The van der Waals surface area contributed by atoms with Crippen molar-refractivity contribution in [3.05, 3.63) is 38.9 Å². The lowest BCUT2D eigenvalue weighted by atomic mass is 10.1. The van der Waals surface area contributed by atoms with Gasteiger partial charge in [0.1, 0.15) is 16.6 Å². The van der Waals surface area contributed by atoms with Crippen molar-refractivity contribution in [3.8, 4) is 0 Å². The summed E-state index contributed by atoms with van der Waals surface area (Å²) in [6.07, 6.45) is 0. The van der Waals surface area contributed by atoms with Gasteiger partial charge in [-0.3, -0.25) is 19.7 Å². The molecular formula is C10H9ClN2O5. The van der Waals surface area contributed by atoms with E-state index in [0.29, 0.717) is 0 Å². The van der Waals surface area contributed by atoms with Crippen molar-refractivity contribution in [2.24, 2.45) is 0 Å². The predicted octanol–water partition coefficient (Wildman–Crippen LogP) is 1.45. The first kappa shape index (κ1) is 13.9. The molecule has 0 bridgehead atoms. The van der Waals surface area contributed by atoms with Crippen molar-refractivity contribution in [3.63, 3.8) is 0 Å². The molecule has 0 spiro atoms. The average Bonchev–Trinajstić information content (AvgIpc) is 2.27. The molecule has 0 fully saturated rings. The maximum atomic E-state index is 11.7. The molecule has 0 heterocycles. The Hall–Kier alpha value is -2.15. The standard InChI is InChI=1S/C10H9ClN2O5/c1-5(10(15)16)12-9(14)6-3-2-4-7(11)8(6)13(17)18/h2-5H,1H3,(H,12,14)(H,15,16). The lowest BCUT2D eigenvalue weighted by molar-refractivity contribution is -0.385. The number of halogens is 1. The van der Waals surface area contributed by atoms with Gasteiger partial charge in [-0.2, -0.15) is 0 Å². The van der Waals surface area contributed by atoms with Crippen LogP contribution in [0.1, 0.15) is 17.3 Å². The van der Waals surface area contributed by atoms with E-state index in [-0.39, 0.29) is 10.6 Å². The van der Waals surface area contributed by atoms with Gasteiger partial charge in [0.25, 0.3) is 5.91 Å². The zero-order valence-electron chi connectivity index (χ0n) is 9.21. The number of carboxylic acids is 1. The van der Waals surface area contributed by atoms with E-state index in [4.69, 9.17) is 16.7 Å². The first-order valence-electron chi connectivity index (χ1n) is 4.81. The molecule has 2 N–H and O–H groups in total. The van der Waals surface area contributed by atoms with Gasteiger partial charge in [-0.15, -0.1) is 0 Å². The number of hydrogen-bond acceptors (Lipinski definition) is 4. The number of nitro benzene ring substituents is 1. The SMILES string of the molecule is CC(NC(=O)c1cccc(Cl)c1[N+](=O)[O-])C(=O)O. The van der Waals surface area contributed by atoms with Crippen LogP contribution in [0.25, 0.3) is 0 Å². The second-order valence-corrected chi connectivity index (χ2v) is 3.83. The van der Waals surface area contributed by atoms with Crippen molar-refractivity contribution < 1.29 is 19.6 Å². The van der Waals surface area contributed by atoms with Gasteiger partial charge >= 0.3 is 11.7 Å². The molecular weight excluding hydrogens is 264 g/mol. The average molecular weight is 273 g/mol. The molecule has 0 saturated heterocycles. The Morgan fingerprint density at radius 2 is 2.11 bits per heavy atom. The normalized spacial score (nSPS) is 11.7. The number of nitrogens with one attached hydrogen (secondary N) is 1. The zero-order valence-corrected chi connectivity index (χ0v) is 9.97. The third-order valence-electron chi connectivity index (χ3n) is 2.13. The first-order valence-corrected chi connectivity index (χ1v) is 5.19. The van der Waals surface area contributed by atoms with Crippen molar-refractivity contribution >= 4 is 29.2 Å². The molecule has 8 heteroatoms. The number of aliphatic carboxylic acids is 1. The second-order valence-electron chi connectivity index (χ2n) is 3.43. The minimum absolute atomic E-state index is 0.185. The number of rotatable bonds is 4. The molecule has 1 amide bonds. The number of nitrogens with zero attached hydrogens (tertiary/aromatic N) is 1. The largest absolute Gasteiger partial charge is 0.480 e. The Bertz CT molecular complexity index is 517. The highest BCUT2D eigenvalue weighted by Crippen LogP contribution is 2.28. The van der Waals surface area contributed by atoms with Crippen molar-refractivity contribution in [2.75, 3.05) is 0 Å². The summed E-state index contributed by atoms with van der Waals surface area (Å²) in [6.45, 7) is 1.25. The van der Waals surface area contributed by atoms with Gasteiger partial charge in [0.05, 0.1) is 4.92 Å². The van der Waals surface area contributed by atoms with Crippen LogP contribution in [-0.2, 0) is 4.79 Å². The van der Waals surface area contributed by atoms with Gasteiger partial charge in [-0.25, -0.2) is 0 Å². The van der Waals surface area contributed by atoms with E-state index >= 15 is 0 Å². The quantitative estimate of drug-likeness (QED) is 0.637. The molecule has 7 nitrogen and oxygen atoms in total. The number of carbonyl (C=O) groups is 2. The summed E-state index contributed by atoms with van der Waals surface area (Å²) in [6, 6.07) is 2.69. The number of nitro groups is 1. The Kier molecular flexibility index (Phi) is 4.22. The summed E-state index contributed by atoms with van der Waals surface area (Å²) in [4.78, 5) is 32.3. The summed E-state index contributed by atoms with van der Waals surface area (Å²) in [5.74, 6) is -2.10. The smallest absolute Gasteiger partial charge is 0.325 e. The number of carbonyl (C=O) groups excluding carboxylic acids is 1. The van der Waals surface area contributed by atoms with Crippen LogP contribution >= 0.6 is 11.6 Å². The van der Waals surface area contributed by atoms with Crippen LogP contribution in [0.2, 0.25) is 5.02 Å². The van der Waals surface area contributed by atoms with Crippen LogP contribution in [0, 0.1) is 10.1 Å². The summed E-state index contributed by atoms with van der Waals surface area (Å²) in [5, 5.41) is 21.4. The van der Waals surface area contributed by atoms with Gasteiger partial charge < -0.3 is 10.4 Å². The van der Waals surface area contributed by atoms with Gasteiger partial charge in [0.15, 0.2) is 0 Å². The summed E-state index contributed by atoms with van der Waals surface area (Å²) < 4.78 is 0. The van der Waals surface area contributed by atoms with Crippen LogP contribution in [0.5, 0.6) is 0 Å². The highest BCUT2D eigenvalue weighted by Gasteiger charge is 2.25. The topological polar surface area (TPSA) is 110 Å². The van der Waals surface area contributed by atoms with Crippen LogP contribution in [0.15, 0.2) is 18.2 Å². The molecule has 1 aromatic rings. The number of carboxylic acid groups (broad SMARTS) is 1. The fourth-order valence-electron chi connectivity index (χ4n) is 1.22. The van der Waals surface area contributed by atoms with Crippen molar-refractivity contribution in [1.29, 1.82) is 0 Å². The van der Waals surface area contributed by atoms with E-state index in [1.807, 2.05) is 0 Å². The maximum Gasteiger partial charge on any atom is 0.325 e. The minimum Gasteiger partial charge on any atom is -0.480 e. The van der Waals surface area contributed by atoms with E-state index in [1.165, 1.54) is 25.1 Å². The van der Waals surface area contributed by atoms with Gasteiger partial charge in [-0.05, 0) is 19.1 Å². The molecule has 1 rings (SSSR count). The predicted molar refractivity (Wildman–Crippen MR) is 62.7 cm³/mol. The lowest BCUT2D eigenvalue weighted by Gasteiger charge is -2.09. The monoisotopic (exact) mass is 272 g/mol. The lowest BCUT2D eigenvalue weighted by Crippen LogP contribution is -2.38. The maximum absolute atomic E-state index is 11.7. The van der Waals surface area contributed by atoms with Crippen LogP contribution in [0.3, 0.4) is 0 Å². The third-order valence-corrected chi connectivity index (χ3v) is 2.44. The van der Waals surface area contributed by atoms with E-state index in [1.54, 1.807) is 0 Å². The molecule has 18 heavy (non-hydrogen) atoms. The second kappa shape index (κ2) is 5.46. The Balaban J connectivity index is 3.10. The fraction of sp³-hybridized carbons (Fsp3) is 0.200. The van der Waals surface area contributed by atoms with Crippen molar-refractivity contribution in [1.82, 2.24) is 5.32 Å². The first-order chi connectivity index (χ1) is 8.34. The fourth-order valence-corrected chi connectivity index (χ4v) is 1.46. The van der Waals surface area contributed by atoms with Crippen LogP contribution in [-0.4, -0.2) is 27.9 Å². The molecule has 0 aliphatic heterocycles. The molecule has 0 saturated carbocycles. The molecule has 0 aliphatic carbocycles.